The number of amides is 2. The molecule has 1 saturated heterocycles. The summed E-state index contributed by atoms with van der Waals surface area (Å²) in [7, 11) is 0. The Balaban J connectivity index is 1.69. The maximum atomic E-state index is 11.7. The van der Waals surface area contributed by atoms with Crippen LogP contribution in [0.2, 0.25) is 0 Å². The number of aromatic nitrogens is 2. The Morgan fingerprint density at radius 2 is 2.13 bits per heavy atom. The van der Waals surface area contributed by atoms with Crippen LogP contribution in [-0.2, 0) is 4.79 Å². The van der Waals surface area contributed by atoms with Crippen molar-refractivity contribution < 1.29 is 18.7 Å². The second kappa shape index (κ2) is 8.19. The van der Waals surface area contributed by atoms with Gasteiger partial charge >= 0.3 is 0 Å². The SMILES string of the molecule is CCNc1nc2cc(-c3ccc(C=C4SC(=O)NC4=O)cn3)cc(OC(C)C)c2o1. The lowest BCUT2D eigenvalue weighted by atomic mass is 10.1. The average Bonchev–Trinajstić information content (AvgIpc) is 3.24. The maximum Gasteiger partial charge on any atom is 0.295 e. The summed E-state index contributed by atoms with van der Waals surface area (Å²) in [5.74, 6) is 0.206. The number of carbonyl (C=O) groups excluding carboxylic acids is 2. The summed E-state index contributed by atoms with van der Waals surface area (Å²) in [6.45, 7) is 6.56. The van der Waals surface area contributed by atoms with Crippen molar-refractivity contribution in [2.45, 2.75) is 26.9 Å². The molecule has 0 unspecified atom stereocenters. The number of imide groups is 1. The average molecular weight is 424 g/mol. The van der Waals surface area contributed by atoms with Crippen LogP contribution in [0.4, 0.5) is 10.8 Å². The zero-order valence-corrected chi connectivity index (χ0v) is 17.5. The fourth-order valence-corrected chi connectivity index (χ4v) is 3.63. The topological polar surface area (TPSA) is 106 Å². The van der Waals surface area contributed by atoms with Crippen molar-refractivity contribution >= 4 is 46.1 Å². The lowest BCUT2D eigenvalue weighted by Gasteiger charge is -2.11. The third kappa shape index (κ3) is 4.16. The minimum Gasteiger partial charge on any atom is -0.487 e. The summed E-state index contributed by atoms with van der Waals surface area (Å²) in [5.41, 5.74) is 3.53. The zero-order valence-electron chi connectivity index (χ0n) is 16.7. The third-order valence-electron chi connectivity index (χ3n) is 4.17. The van der Waals surface area contributed by atoms with Crippen LogP contribution in [0.5, 0.6) is 5.75 Å². The van der Waals surface area contributed by atoms with Crippen LogP contribution in [-0.4, -0.2) is 33.8 Å². The Labute approximate surface area is 177 Å². The van der Waals surface area contributed by atoms with Crippen molar-refractivity contribution in [1.82, 2.24) is 15.3 Å². The molecule has 2 aromatic heterocycles. The van der Waals surface area contributed by atoms with E-state index in [1.54, 1.807) is 12.3 Å². The number of anilines is 1. The molecule has 1 aliphatic rings. The van der Waals surface area contributed by atoms with Crippen LogP contribution in [0.15, 0.2) is 39.8 Å². The highest BCUT2D eigenvalue weighted by molar-refractivity contribution is 8.18. The predicted molar refractivity (Wildman–Crippen MR) is 116 cm³/mol. The van der Waals surface area contributed by atoms with Crippen molar-refractivity contribution in [1.29, 1.82) is 0 Å². The smallest absolute Gasteiger partial charge is 0.295 e. The fourth-order valence-electron chi connectivity index (χ4n) is 2.95. The molecule has 3 aromatic rings. The molecule has 4 rings (SSSR count). The van der Waals surface area contributed by atoms with Crippen LogP contribution < -0.4 is 15.4 Å². The quantitative estimate of drug-likeness (QED) is 0.560. The summed E-state index contributed by atoms with van der Waals surface area (Å²) in [4.78, 5) is 32.3. The molecule has 0 atom stereocenters. The van der Waals surface area contributed by atoms with Gasteiger partial charge in [0.05, 0.1) is 16.7 Å². The van der Waals surface area contributed by atoms with Gasteiger partial charge in [0, 0.05) is 18.3 Å². The molecule has 1 aliphatic heterocycles. The second-order valence-corrected chi connectivity index (χ2v) is 7.88. The van der Waals surface area contributed by atoms with E-state index in [1.807, 2.05) is 45.0 Å². The van der Waals surface area contributed by atoms with Gasteiger partial charge in [-0.2, -0.15) is 4.98 Å². The summed E-state index contributed by atoms with van der Waals surface area (Å²) < 4.78 is 11.7. The molecule has 154 valence electrons. The lowest BCUT2D eigenvalue weighted by molar-refractivity contribution is -0.115. The van der Waals surface area contributed by atoms with Crippen molar-refractivity contribution in [3.05, 3.63) is 40.9 Å². The molecule has 0 radical (unpaired) electrons. The standard InChI is InChI=1S/C21H20N4O4S/c1-4-22-20-24-15-8-13(9-16(18(15)29-20)28-11(2)3)14-6-5-12(10-23-14)7-17-19(26)25-21(27)30-17/h5-11H,4H2,1-3H3,(H,22,24)(H,25,26,27). The minimum atomic E-state index is -0.391. The van der Waals surface area contributed by atoms with Gasteiger partial charge in [-0.3, -0.25) is 19.9 Å². The minimum absolute atomic E-state index is 0.0316. The van der Waals surface area contributed by atoms with Crippen LogP contribution in [0.1, 0.15) is 26.3 Å². The van der Waals surface area contributed by atoms with Crippen molar-refractivity contribution in [3.63, 3.8) is 0 Å². The van der Waals surface area contributed by atoms with Crippen molar-refractivity contribution in [2.24, 2.45) is 0 Å². The summed E-state index contributed by atoms with van der Waals surface area (Å²) in [6.07, 6.45) is 3.26. The fraction of sp³-hybridized carbons (Fsp3) is 0.238. The first-order valence-corrected chi connectivity index (χ1v) is 10.3. The number of oxazole rings is 1. The molecular weight excluding hydrogens is 404 g/mol. The van der Waals surface area contributed by atoms with E-state index in [-0.39, 0.29) is 11.3 Å². The summed E-state index contributed by atoms with van der Waals surface area (Å²) in [5, 5.41) is 4.94. The van der Waals surface area contributed by atoms with Gasteiger partial charge in [0.15, 0.2) is 11.3 Å². The molecular formula is C21H20N4O4S. The van der Waals surface area contributed by atoms with E-state index in [2.05, 4.69) is 20.6 Å². The molecule has 8 nitrogen and oxygen atoms in total. The lowest BCUT2D eigenvalue weighted by Crippen LogP contribution is -2.17. The number of nitrogens with zero attached hydrogens (tertiary/aromatic N) is 2. The highest BCUT2D eigenvalue weighted by Crippen LogP contribution is 2.34. The van der Waals surface area contributed by atoms with Gasteiger partial charge in [-0.05, 0) is 62.4 Å². The van der Waals surface area contributed by atoms with Gasteiger partial charge in [-0.25, -0.2) is 0 Å². The summed E-state index contributed by atoms with van der Waals surface area (Å²) >= 11 is 0.877. The molecule has 1 fully saturated rings. The number of pyridine rings is 1. The normalized spacial score (nSPS) is 15.3. The molecule has 2 N–H and O–H groups in total. The van der Waals surface area contributed by atoms with Crippen molar-refractivity contribution in [3.8, 4) is 17.0 Å². The number of benzene rings is 1. The van der Waals surface area contributed by atoms with Crippen LogP contribution >= 0.6 is 11.8 Å². The Hall–Kier alpha value is -3.33. The molecule has 0 aliphatic carbocycles. The number of ether oxygens (including phenoxy) is 1. The molecule has 9 heteroatoms. The van der Waals surface area contributed by atoms with E-state index in [0.29, 0.717) is 34.3 Å². The number of fused-ring (bicyclic) bond motifs is 1. The molecule has 0 saturated carbocycles. The predicted octanol–water partition coefficient (Wildman–Crippen LogP) is 4.43. The van der Waals surface area contributed by atoms with Crippen molar-refractivity contribution in [2.75, 3.05) is 11.9 Å². The molecule has 3 heterocycles. The third-order valence-corrected chi connectivity index (χ3v) is 4.98. The number of rotatable bonds is 6. The Morgan fingerprint density at radius 1 is 1.30 bits per heavy atom. The van der Waals surface area contributed by atoms with Gasteiger partial charge < -0.3 is 14.5 Å². The highest BCUT2D eigenvalue weighted by atomic mass is 32.2. The van der Waals surface area contributed by atoms with Crippen LogP contribution in [0.25, 0.3) is 28.4 Å². The van der Waals surface area contributed by atoms with E-state index >= 15 is 0 Å². The molecule has 0 spiro atoms. The van der Waals surface area contributed by atoms with E-state index in [9.17, 15) is 9.59 Å². The second-order valence-electron chi connectivity index (χ2n) is 6.87. The molecule has 1 aromatic carbocycles. The van der Waals surface area contributed by atoms with Gasteiger partial charge in [0.25, 0.3) is 17.2 Å². The van der Waals surface area contributed by atoms with E-state index < -0.39 is 5.91 Å². The monoisotopic (exact) mass is 424 g/mol. The van der Waals surface area contributed by atoms with E-state index in [1.165, 1.54) is 0 Å². The zero-order chi connectivity index (χ0) is 21.3. The Bertz CT molecular complexity index is 1150. The van der Waals surface area contributed by atoms with Crippen LogP contribution in [0, 0.1) is 0 Å². The Kier molecular flexibility index (Phi) is 5.45. The largest absolute Gasteiger partial charge is 0.487 e. The molecule has 30 heavy (non-hydrogen) atoms. The van der Waals surface area contributed by atoms with Gasteiger partial charge in [-0.1, -0.05) is 6.07 Å². The first kappa shape index (κ1) is 20.0. The number of nitrogens with one attached hydrogen (secondary N) is 2. The first-order valence-electron chi connectivity index (χ1n) is 9.49. The number of thioether (sulfide) groups is 1. The number of hydrogen-bond donors (Lipinski definition) is 2. The number of carbonyl (C=O) groups is 2. The first-order chi connectivity index (χ1) is 14.4. The van der Waals surface area contributed by atoms with E-state index in [0.717, 1.165) is 28.6 Å². The van der Waals surface area contributed by atoms with E-state index in [4.69, 9.17) is 9.15 Å². The summed E-state index contributed by atoms with van der Waals surface area (Å²) in [6, 6.07) is 7.90. The van der Waals surface area contributed by atoms with Crippen LogP contribution in [0.3, 0.4) is 0 Å². The Morgan fingerprint density at radius 3 is 2.77 bits per heavy atom. The maximum absolute atomic E-state index is 11.7. The molecule has 2 amide bonds. The molecule has 0 bridgehead atoms. The van der Waals surface area contributed by atoms with Gasteiger partial charge in [0.2, 0.25) is 0 Å². The number of hydrogen-bond acceptors (Lipinski definition) is 8. The highest BCUT2D eigenvalue weighted by Gasteiger charge is 2.25. The van der Waals surface area contributed by atoms with Gasteiger partial charge in [0.1, 0.15) is 5.52 Å². The van der Waals surface area contributed by atoms with Gasteiger partial charge in [-0.15, -0.1) is 0 Å².